The van der Waals surface area contributed by atoms with Gasteiger partial charge in [-0.05, 0) is 43.2 Å². The molecule has 0 N–H and O–H groups in total. The van der Waals surface area contributed by atoms with Gasteiger partial charge in [0.15, 0.2) is 0 Å². The van der Waals surface area contributed by atoms with Crippen LogP contribution in [0.25, 0.3) is 22.1 Å². The molecule has 0 amide bonds. The summed E-state index contributed by atoms with van der Waals surface area (Å²) in [5.41, 5.74) is 3.21. The quantitative estimate of drug-likeness (QED) is 0.563. The van der Waals surface area contributed by atoms with Crippen LogP contribution in [0.1, 0.15) is 11.1 Å². The molecule has 3 aromatic rings. The molecule has 0 aliphatic carbocycles. The van der Waals surface area contributed by atoms with Crippen molar-refractivity contribution in [2.75, 3.05) is 0 Å². The first-order valence-electron chi connectivity index (χ1n) is 6.47. The maximum absolute atomic E-state index is 12.3. The highest BCUT2D eigenvalue weighted by atomic mass is 35.5. The first kappa shape index (κ1) is 14.2. The Morgan fingerprint density at radius 3 is 2.48 bits per heavy atom. The largest absolute Gasteiger partial charge is 0.422 e. The SMILES string of the molecule is Cc1ccc2c(C)c(-c3ccc(Cl)cc3Cl)c(=O)oc2c1. The summed E-state index contributed by atoms with van der Waals surface area (Å²) in [6.07, 6.45) is 0. The molecule has 0 aliphatic rings. The fraction of sp³-hybridized carbons (Fsp3) is 0.118. The zero-order valence-corrected chi connectivity index (χ0v) is 13.0. The van der Waals surface area contributed by atoms with Gasteiger partial charge in [-0.1, -0.05) is 41.4 Å². The van der Waals surface area contributed by atoms with Crippen molar-refractivity contribution in [2.24, 2.45) is 0 Å². The minimum Gasteiger partial charge on any atom is -0.422 e. The summed E-state index contributed by atoms with van der Waals surface area (Å²) >= 11 is 12.1. The minimum atomic E-state index is -0.394. The zero-order chi connectivity index (χ0) is 15.1. The van der Waals surface area contributed by atoms with E-state index < -0.39 is 5.63 Å². The second-order valence-electron chi connectivity index (χ2n) is 5.01. The van der Waals surface area contributed by atoms with Crippen molar-refractivity contribution in [2.45, 2.75) is 13.8 Å². The summed E-state index contributed by atoms with van der Waals surface area (Å²) in [5.74, 6) is 0. The number of hydrogen-bond acceptors (Lipinski definition) is 2. The van der Waals surface area contributed by atoms with E-state index in [1.807, 2.05) is 32.0 Å². The van der Waals surface area contributed by atoms with Crippen LogP contribution in [-0.2, 0) is 0 Å². The number of halogens is 2. The first-order chi connectivity index (χ1) is 9.97. The molecule has 2 aromatic carbocycles. The highest BCUT2D eigenvalue weighted by molar-refractivity contribution is 6.36. The van der Waals surface area contributed by atoms with Gasteiger partial charge in [-0.2, -0.15) is 0 Å². The average Bonchev–Trinajstić information content (AvgIpc) is 2.40. The maximum Gasteiger partial charge on any atom is 0.344 e. The third-order valence-corrected chi connectivity index (χ3v) is 4.07. The lowest BCUT2D eigenvalue weighted by Crippen LogP contribution is -2.06. The normalized spacial score (nSPS) is 11.0. The minimum absolute atomic E-state index is 0.394. The molecule has 106 valence electrons. The van der Waals surface area contributed by atoms with Gasteiger partial charge in [0.1, 0.15) is 5.58 Å². The monoisotopic (exact) mass is 318 g/mol. The van der Waals surface area contributed by atoms with Crippen LogP contribution in [0.5, 0.6) is 0 Å². The molecule has 0 saturated heterocycles. The Morgan fingerprint density at radius 1 is 1.00 bits per heavy atom. The smallest absolute Gasteiger partial charge is 0.344 e. The molecule has 2 nitrogen and oxygen atoms in total. The van der Waals surface area contributed by atoms with Crippen LogP contribution >= 0.6 is 23.2 Å². The van der Waals surface area contributed by atoms with Crippen molar-refractivity contribution in [3.05, 3.63) is 68.0 Å². The molecule has 3 rings (SSSR count). The first-order valence-corrected chi connectivity index (χ1v) is 7.22. The Hall–Kier alpha value is -1.77. The van der Waals surface area contributed by atoms with E-state index in [4.69, 9.17) is 27.6 Å². The van der Waals surface area contributed by atoms with Gasteiger partial charge in [0.2, 0.25) is 0 Å². The van der Waals surface area contributed by atoms with E-state index in [0.29, 0.717) is 26.8 Å². The lowest BCUT2D eigenvalue weighted by molar-refractivity contribution is 0.562. The van der Waals surface area contributed by atoms with E-state index >= 15 is 0 Å². The Morgan fingerprint density at radius 2 is 1.76 bits per heavy atom. The molecule has 0 spiro atoms. The summed E-state index contributed by atoms with van der Waals surface area (Å²) in [5, 5.41) is 1.87. The van der Waals surface area contributed by atoms with Gasteiger partial charge < -0.3 is 4.42 Å². The van der Waals surface area contributed by atoms with Gasteiger partial charge in [-0.15, -0.1) is 0 Å². The molecule has 0 aliphatic heterocycles. The fourth-order valence-electron chi connectivity index (χ4n) is 2.47. The van der Waals surface area contributed by atoms with Crippen LogP contribution in [0.2, 0.25) is 10.0 Å². The molecule has 1 aromatic heterocycles. The fourth-order valence-corrected chi connectivity index (χ4v) is 2.97. The molecule has 0 atom stereocenters. The van der Waals surface area contributed by atoms with E-state index in [9.17, 15) is 4.79 Å². The van der Waals surface area contributed by atoms with E-state index in [0.717, 1.165) is 16.5 Å². The van der Waals surface area contributed by atoms with Crippen molar-refractivity contribution in [3.8, 4) is 11.1 Å². The number of rotatable bonds is 1. The second-order valence-corrected chi connectivity index (χ2v) is 5.86. The molecule has 0 fully saturated rings. The Balaban J connectivity index is 2.38. The number of hydrogen-bond donors (Lipinski definition) is 0. The van der Waals surface area contributed by atoms with Crippen LogP contribution in [0, 0.1) is 13.8 Å². The number of aryl methyl sites for hydroxylation is 2. The highest BCUT2D eigenvalue weighted by Crippen LogP contribution is 2.33. The highest BCUT2D eigenvalue weighted by Gasteiger charge is 2.16. The van der Waals surface area contributed by atoms with Crippen molar-refractivity contribution in [3.63, 3.8) is 0 Å². The molecular weight excluding hydrogens is 307 g/mol. The van der Waals surface area contributed by atoms with Gasteiger partial charge in [-0.3, -0.25) is 0 Å². The van der Waals surface area contributed by atoms with Crippen LogP contribution in [-0.4, -0.2) is 0 Å². The van der Waals surface area contributed by atoms with Gasteiger partial charge in [0.25, 0.3) is 0 Å². The van der Waals surface area contributed by atoms with Gasteiger partial charge in [-0.25, -0.2) is 4.79 Å². The molecule has 0 unspecified atom stereocenters. The summed E-state index contributed by atoms with van der Waals surface area (Å²) < 4.78 is 5.45. The molecule has 1 heterocycles. The van der Waals surface area contributed by atoms with Crippen molar-refractivity contribution in [1.29, 1.82) is 0 Å². The summed E-state index contributed by atoms with van der Waals surface area (Å²) in [7, 11) is 0. The predicted octanol–water partition coefficient (Wildman–Crippen LogP) is 5.38. The molecule has 0 saturated carbocycles. The van der Waals surface area contributed by atoms with Crippen LogP contribution in [0.4, 0.5) is 0 Å². The van der Waals surface area contributed by atoms with Crippen molar-refractivity contribution in [1.82, 2.24) is 0 Å². The summed E-state index contributed by atoms with van der Waals surface area (Å²) in [4.78, 5) is 12.3. The van der Waals surface area contributed by atoms with Crippen molar-refractivity contribution < 1.29 is 4.42 Å². The van der Waals surface area contributed by atoms with Gasteiger partial charge >= 0.3 is 5.63 Å². The third-order valence-electron chi connectivity index (χ3n) is 3.52. The van der Waals surface area contributed by atoms with Crippen molar-refractivity contribution >= 4 is 34.2 Å². The van der Waals surface area contributed by atoms with E-state index in [-0.39, 0.29) is 0 Å². The Labute approximate surface area is 131 Å². The Kier molecular flexibility index (Phi) is 3.52. The third kappa shape index (κ3) is 2.45. The molecular formula is C17H12Cl2O2. The average molecular weight is 319 g/mol. The number of fused-ring (bicyclic) bond motifs is 1. The molecule has 0 bridgehead atoms. The van der Waals surface area contributed by atoms with Crippen LogP contribution in [0.15, 0.2) is 45.6 Å². The second kappa shape index (κ2) is 5.21. The van der Waals surface area contributed by atoms with Crippen LogP contribution < -0.4 is 5.63 Å². The molecule has 21 heavy (non-hydrogen) atoms. The van der Waals surface area contributed by atoms with E-state index in [2.05, 4.69) is 0 Å². The topological polar surface area (TPSA) is 30.2 Å². The summed E-state index contributed by atoms with van der Waals surface area (Å²) in [6.45, 7) is 3.85. The maximum atomic E-state index is 12.3. The van der Waals surface area contributed by atoms with Crippen LogP contribution in [0.3, 0.4) is 0 Å². The number of benzene rings is 2. The lowest BCUT2D eigenvalue weighted by Gasteiger charge is -2.10. The standard InChI is InChI=1S/C17H12Cl2O2/c1-9-3-5-12-10(2)16(17(20)21-15(12)7-9)13-6-4-11(18)8-14(13)19/h3-8H,1-2H3. The van der Waals surface area contributed by atoms with E-state index in [1.54, 1.807) is 18.2 Å². The summed E-state index contributed by atoms with van der Waals surface area (Å²) in [6, 6.07) is 10.9. The van der Waals surface area contributed by atoms with Gasteiger partial charge in [0.05, 0.1) is 10.6 Å². The molecule has 0 radical (unpaired) electrons. The predicted molar refractivity (Wildman–Crippen MR) is 87.4 cm³/mol. The molecule has 4 heteroatoms. The lowest BCUT2D eigenvalue weighted by atomic mass is 9.99. The zero-order valence-electron chi connectivity index (χ0n) is 11.5. The van der Waals surface area contributed by atoms with E-state index in [1.165, 1.54) is 0 Å². The van der Waals surface area contributed by atoms with Gasteiger partial charge in [0, 0.05) is 16.0 Å². The Bertz CT molecular complexity index is 911.